The van der Waals surface area contributed by atoms with Crippen LogP contribution in [-0.2, 0) is 0 Å². The van der Waals surface area contributed by atoms with E-state index < -0.39 is 0 Å². The third-order valence-electron chi connectivity index (χ3n) is 0.122. The van der Waals surface area contributed by atoms with Gasteiger partial charge in [0.05, 0.1) is 6.20 Å². The second-order valence-electron chi connectivity index (χ2n) is 0.389. The van der Waals surface area contributed by atoms with E-state index in [0.29, 0.717) is 0 Å². The fourth-order valence-corrected chi connectivity index (χ4v) is 0.0289. The smallest absolute Gasteiger partial charge is 0.0645 e. The summed E-state index contributed by atoms with van der Waals surface area (Å²) in [5.41, 5.74) is 7.45. The molecule has 5 heavy (non-hydrogen) atoms. The number of rotatable bonds is 1. The molecule has 0 radical (unpaired) electrons. The summed E-state index contributed by atoms with van der Waals surface area (Å²) in [4.78, 5) is 0. The van der Waals surface area contributed by atoms with E-state index in [1.165, 1.54) is 0 Å². The van der Waals surface area contributed by atoms with Crippen molar-refractivity contribution in [2.24, 2.45) is 5.11 Å². The van der Waals surface area contributed by atoms with Gasteiger partial charge in [-0.25, -0.2) is 0 Å². The topological polar surface area (TPSA) is 58.5 Å². The fourth-order valence-electron chi connectivity index (χ4n) is 0.0289. The lowest BCUT2D eigenvalue weighted by molar-refractivity contribution is 1.53. The molecule has 0 heterocycles. The van der Waals surface area contributed by atoms with Crippen LogP contribution in [-0.4, -0.2) is 5.87 Å². The molecule has 0 aromatic heterocycles. The summed E-state index contributed by atoms with van der Waals surface area (Å²) in [6, 6.07) is 0. The quantitative estimate of drug-likeness (QED) is 0.348. The van der Waals surface area contributed by atoms with Crippen molar-refractivity contribution in [3.63, 3.8) is 0 Å². The van der Waals surface area contributed by atoms with E-state index in [9.17, 15) is 0 Å². The second-order valence-corrected chi connectivity index (χ2v) is 0.389. The minimum atomic E-state index is 0.847. The first kappa shape index (κ1) is 4.05. The summed E-state index contributed by atoms with van der Waals surface area (Å²) >= 11 is 0. The van der Waals surface area contributed by atoms with Gasteiger partial charge in [0.2, 0.25) is 0 Å². The number of hydrogen-bond donors (Lipinski definition) is 1. The lowest BCUT2D eigenvalue weighted by atomic mass is 11.0. The molecule has 3 nitrogen and oxygen atoms in total. The first-order chi connectivity index (χ1) is 2.41. The first-order valence-electron chi connectivity index (χ1n) is 0.997. The van der Waals surface area contributed by atoms with E-state index in [4.69, 9.17) is 10.9 Å². The van der Waals surface area contributed by atoms with Gasteiger partial charge in [-0.3, -0.25) is 5.41 Å². The summed E-state index contributed by atoms with van der Waals surface area (Å²) in [5.74, 6) is 1.73. The summed E-state index contributed by atoms with van der Waals surface area (Å²) in [5, 5.41) is 8.47. The van der Waals surface area contributed by atoms with Gasteiger partial charge in [-0.1, -0.05) is 0 Å². The zero-order chi connectivity index (χ0) is 4.12. The molecule has 0 aliphatic carbocycles. The van der Waals surface area contributed by atoms with E-state index >= 15 is 0 Å². The molecule has 0 spiro atoms. The van der Waals surface area contributed by atoms with Crippen molar-refractivity contribution >= 4 is 5.87 Å². The molecule has 3 heteroatoms. The summed E-state index contributed by atoms with van der Waals surface area (Å²) in [6.45, 7) is 0. The van der Waals surface area contributed by atoms with Crippen LogP contribution in [0.25, 0.3) is 5.53 Å². The maximum atomic E-state index is 7.45. The third-order valence-corrected chi connectivity index (χ3v) is 0.122. The Bertz CT molecular complexity index is 69.0. The van der Waals surface area contributed by atoms with Gasteiger partial charge < -0.3 is 10.6 Å². The zero-order valence-corrected chi connectivity index (χ0v) is 2.47. The van der Waals surface area contributed by atoms with Gasteiger partial charge in [-0.05, 0) is 5.87 Å². The molecule has 0 atom stereocenters. The van der Waals surface area contributed by atoms with Crippen LogP contribution >= 0.6 is 0 Å². The normalized spacial score (nSPS) is 4.80. The van der Waals surface area contributed by atoms with Crippen LogP contribution in [0.4, 0.5) is 0 Å². The average molecular weight is 68.1 g/mol. The van der Waals surface area contributed by atoms with Crippen molar-refractivity contribution in [3.8, 4) is 0 Å². The van der Waals surface area contributed by atoms with Crippen molar-refractivity contribution < 1.29 is 0 Å². The van der Waals surface area contributed by atoms with Crippen LogP contribution < -0.4 is 0 Å². The Morgan fingerprint density at radius 2 is 2.60 bits per heavy atom. The standard InChI is InChI=1S/C2H2N3/c3-1-2-5-4/h2-3H/q-1. The van der Waals surface area contributed by atoms with Crippen molar-refractivity contribution in [1.82, 2.24) is 0 Å². The number of nitrogens with zero attached hydrogens (tertiary/aromatic N) is 2. The molecule has 0 saturated heterocycles. The molecule has 0 aliphatic rings. The predicted molar refractivity (Wildman–Crippen MR) is 18.1 cm³/mol. The molecule has 0 amide bonds. The monoisotopic (exact) mass is 68.0 g/mol. The van der Waals surface area contributed by atoms with E-state index in [1.54, 1.807) is 5.87 Å². The van der Waals surface area contributed by atoms with Gasteiger partial charge in [0.25, 0.3) is 0 Å². The molecule has 1 N–H and O–H groups in total. The highest BCUT2D eigenvalue weighted by molar-refractivity contribution is 5.46. The highest BCUT2D eigenvalue weighted by Crippen LogP contribution is 1.54. The van der Waals surface area contributed by atoms with Crippen LogP contribution in [0.3, 0.4) is 0 Å². The van der Waals surface area contributed by atoms with Crippen LogP contribution in [0.2, 0.25) is 0 Å². The number of nitrogens with one attached hydrogen (secondary N) is 1. The Morgan fingerprint density at radius 1 is 2.00 bits per heavy atom. The molecule has 26 valence electrons. The Kier molecular flexibility index (Phi) is 2.47. The molecule has 0 saturated carbocycles. The SMILES string of the molecule is [N-]=NC=C=N. The average Bonchev–Trinajstić information content (AvgIpc) is 1.41. The van der Waals surface area contributed by atoms with Crippen LogP contribution in [0, 0.1) is 5.41 Å². The molecule has 0 rings (SSSR count). The highest BCUT2D eigenvalue weighted by Gasteiger charge is 1.29. The van der Waals surface area contributed by atoms with Crippen molar-refractivity contribution in [2.45, 2.75) is 0 Å². The Morgan fingerprint density at radius 3 is 2.60 bits per heavy atom. The summed E-state index contributed by atoms with van der Waals surface area (Å²) in [7, 11) is 0. The lowest BCUT2D eigenvalue weighted by Gasteiger charge is -1.66. The van der Waals surface area contributed by atoms with Crippen molar-refractivity contribution in [1.29, 1.82) is 5.41 Å². The highest BCUT2D eigenvalue weighted by atomic mass is 14.9. The lowest BCUT2D eigenvalue weighted by Crippen LogP contribution is -1.35. The van der Waals surface area contributed by atoms with Gasteiger partial charge in [0.1, 0.15) is 0 Å². The molecule has 0 fully saturated rings. The maximum Gasteiger partial charge on any atom is 0.0645 e. The van der Waals surface area contributed by atoms with E-state index in [2.05, 4.69) is 5.11 Å². The Hall–Kier alpha value is -0.950. The van der Waals surface area contributed by atoms with Gasteiger partial charge in [-0.15, -0.1) is 0 Å². The Labute approximate surface area is 29.3 Å². The molecule has 0 aromatic carbocycles. The minimum absolute atomic E-state index is 0.847. The Balaban J connectivity index is 3.31. The first-order valence-corrected chi connectivity index (χ1v) is 0.997. The van der Waals surface area contributed by atoms with E-state index in [-0.39, 0.29) is 0 Å². The molecule has 0 aromatic rings. The molecule has 0 unspecified atom stereocenters. The van der Waals surface area contributed by atoms with Crippen LogP contribution in [0.1, 0.15) is 0 Å². The maximum absolute atomic E-state index is 7.45. The molecule has 0 bridgehead atoms. The predicted octanol–water partition coefficient (Wildman–Crippen LogP) is 0.770. The van der Waals surface area contributed by atoms with Gasteiger partial charge in [0, 0.05) is 0 Å². The molecular formula is C2H2N3-. The van der Waals surface area contributed by atoms with Crippen LogP contribution in [0.5, 0.6) is 0 Å². The molecular weight excluding hydrogens is 66.0 g/mol. The largest absolute Gasteiger partial charge is 0.706 e. The number of hydrogen-bond acceptors (Lipinski definition) is 2. The fraction of sp³-hybridized carbons (Fsp3) is 0. The summed E-state index contributed by atoms with van der Waals surface area (Å²) < 4.78 is 0. The van der Waals surface area contributed by atoms with Gasteiger partial charge >= 0.3 is 0 Å². The summed E-state index contributed by atoms with van der Waals surface area (Å²) in [6.07, 6.45) is 0.847. The van der Waals surface area contributed by atoms with E-state index in [1.807, 2.05) is 0 Å². The van der Waals surface area contributed by atoms with Crippen molar-refractivity contribution in [2.75, 3.05) is 0 Å². The zero-order valence-electron chi connectivity index (χ0n) is 2.47. The van der Waals surface area contributed by atoms with Gasteiger partial charge in [-0.2, -0.15) is 0 Å². The van der Waals surface area contributed by atoms with Crippen molar-refractivity contribution in [3.05, 3.63) is 11.7 Å². The second kappa shape index (κ2) is 3.05. The third kappa shape index (κ3) is 3.05. The molecule has 0 aliphatic heterocycles. The van der Waals surface area contributed by atoms with E-state index in [0.717, 1.165) is 6.20 Å². The van der Waals surface area contributed by atoms with Gasteiger partial charge in [0.15, 0.2) is 0 Å². The minimum Gasteiger partial charge on any atom is -0.706 e. The van der Waals surface area contributed by atoms with Crippen LogP contribution in [0.15, 0.2) is 11.3 Å².